The Bertz CT molecular complexity index is 951. The van der Waals surface area contributed by atoms with Crippen LogP contribution in [0.25, 0.3) is 16.9 Å². The lowest BCUT2D eigenvalue weighted by Crippen LogP contribution is -2.07. The van der Waals surface area contributed by atoms with Gasteiger partial charge in [-0.1, -0.05) is 11.6 Å². The van der Waals surface area contributed by atoms with Crippen LogP contribution in [0, 0.1) is 0 Å². The third kappa shape index (κ3) is 3.35. The van der Waals surface area contributed by atoms with Crippen LogP contribution in [-0.4, -0.2) is 30.5 Å². The molecule has 0 amide bonds. The molecule has 3 aromatic rings. The van der Waals surface area contributed by atoms with Crippen LogP contribution in [0.3, 0.4) is 0 Å². The molecule has 0 unspecified atom stereocenters. The molecule has 1 aromatic heterocycles. The van der Waals surface area contributed by atoms with Crippen molar-refractivity contribution in [3.8, 4) is 28.4 Å². The van der Waals surface area contributed by atoms with Crippen molar-refractivity contribution in [2.24, 2.45) is 0 Å². The predicted molar refractivity (Wildman–Crippen MR) is 109 cm³/mol. The quantitative estimate of drug-likeness (QED) is 0.691. The zero-order chi connectivity index (χ0) is 18.8. The summed E-state index contributed by atoms with van der Waals surface area (Å²) in [6, 6.07) is 13.7. The van der Waals surface area contributed by atoms with Gasteiger partial charge in [-0.3, -0.25) is 0 Å². The van der Waals surface area contributed by atoms with Crippen LogP contribution in [-0.2, 0) is 6.42 Å². The second kappa shape index (κ2) is 7.53. The number of methoxy groups -OCH3 is 2. The van der Waals surface area contributed by atoms with Crippen molar-refractivity contribution in [2.45, 2.75) is 19.3 Å². The van der Waals surface area contributed by atoms with E-state index >= 15 is 0 Å². The van der Waals surface area contributed by atoms with E-state index in [0.29, 0.717) is 16.5 Å². The molecular weight excluding hydrogens is 362 g/mol. The number of nitrogens with zero attached hydrogens (tertiary/aromatic N) is 2. The minimum Gasteiger partial charge on any atom is -0.493 e. The molecule has 1 N–H and O–H groups in total. The number of ether oxygens (including phenoxy) is 2. The summed E-state index contributed by atoms with van der Waals surface area (Å²) in [5, 5.41) is 9.22. The maximum atomic E-state index is 6.06. The fraction of sp³-hybridized carbons (Fsp3) is 0.286. The van der Waals surface area contributed by atoms with E-state index in [1.165, 1.54) is 5.56 Å². The van der Waals surface area contributed by atoms with E-state index in [4.69, 9.17) is 26.2 Å². The topological polar surface area (TPSA) is 48.3 Å². The first-order valence-corrected chi connectivity index (χ1v) is 9.43. The largest absolute Gasteiger partial charge is 0.493 e. The average Bonchev–Trinajstić information content (AvgIpc) is 2.89. The van der Waals surface area contributed by atoms with Gasteiger partial charge in [0.1, 0.15) is 5.82 Å². The van der Waals surface area contributed by atoms with E-state index in [2.05, 4.69) is 5.32 Å². The number of fused-ring (bicyclic) bond motifs is 1. The maximum Gasteiger partial charge on any atom is 0.161 e. The first-order chi connectivity index (χ1) is 13.2. The molecule has 1 aliphatic rings. The number of aromatic nitrogens is 2. The molecular formula is C21H22ClN3O2. The number of nitrogens with one attached hydrogen (secondary N) is 1. The Hall–Kier alpha value is -2.66. The van der Waals surface area contributed by atoms with Gasteiger partial charge in [-0.05, 0) is 61.7 Å². The first-order valence-electron chi connectivity index (χ1n) is 9.05. The van der Waals surface area contributed by atoms with Gasteiger partial charge in [-0.2, -0.15) is 5.10 Å². The van der Waals surface area contributed by atoms with Gasteiger partial charge in [-0.15, -0.1) is 0 Å². The highest BCUT2D eigenvalue weighted by molar-refractivity contribution is 6.30. The van der Waals surface area contributed by atoms with Crippen LogP contribution in [0.4, 0.5) is 5.82 Å². The third-order valence-corrected chi connectivity index (χ3v) is 5.11. The molecule has 0 atom stereocenters. The second-order valence-corrected chi connectivity index (χ2v) is 6.95. The van der Waals surface area contributed by atoms with E-state index in [9.17, 15) is 0 Å². The molecule has 0 radical (unpaired) electrons. The van der Waals surface area contributed by atoms with Crippen LogP contribution in [0.1, 0.15) is 18.4 Å². The van der Waals surface area contributed by atoms with Gasteiger partial charge in [-0.25, -0.2) is 4.68 Å². The summed E-state index contributed by atoms with van der Waals surface area (Å²) in [6.45, 7) is 0.942. The van der Waals surface area contributed by atoms with Crippen molar-refractivity contribution in [1.29, 1.82) is 0 Å². The summed E-state index contributed by atoms with van der Waals surface area (Å²) in [6.07, 6.45) is 3.26. The normalized spacial score (nSPS) is 13.4. The lowest BCUT2D eigenvalue weighted by molar-refractivity contribution is 0.355. The molecule has 140 valence electrons. The summed E-state index contributed by atoms with van der Waals surface area (Å²) < 4.78 is 12.8. The smallest absolute Gasteiger partial charge is 0.161 e. The monoisotopic (exact) mass is 383 g/mol. The molecule has 2 aromatic carbocycles. The highest BCUT2D eigenvalue weighted by Crippen LogP contribution is 2.37. The molecule has 4 rings (SSSR count). The lowest BCUT2D eigenvalue weighted by atomic mass is 10.0. The molecule has 27 heavy (non-hydrogen) atoms. The van der Waals surface area contributed by atoms with Gasteiger partial charge in [0.25, 0.3) is 0 Å². The SMILES string of the molecule is COc1ccc(-c2nn(-c3ccc(Cl)cc3)c3c2CCCCN3)cc1OC. The molecule has 0 saturated carbocycles. The number of halogens is 1. The van der Waals surface area contributed by atoms with Crippen LogP contribution >= 0.6 is 11.6 Å². The van der Waals surface area contributed by atoms with Crippen molar-refractivity contribution in [3.63, 3.8) is 0 Å². The highest BCUT2D eigenvalue weighted by Gasteiger charge is 2.22. The number of anilines is 1. The van der Waals surface area contributed by atoms with Crippen molar-refractivity contribution < 1.29 is 9.47 Å². The minimum atomic E-state index is 0.700. The molecule has 5 nitrogen and oxygen atoms in total. The molecule has 6 heteroatoms. The Morgan fingerprint density at radius 3 is 2.52 bits per heavy atom. The molecule has 0 spiro atoms. The molecule has 1 aliphatic heterocycles. The van der Waals surface area contributed by atoms with E-state index < -0.39 is 0 Å². The van der Waals surface area contributed by atoms with Crippen molar-refractivity contribution >= 4 is 17.4 Å². The van der Waals surface area contributed by atoms with E-state index in [-0.39, 0.29) is 0 Å². The van der Waals surface area contributed by atoms with Gasteiger partial charge < -0.3 is 14.8 Å². The minimum absolute atomic E-state index is 0.700. The van der Waals surface area contributed by atoms with E-state index in [0.717, 1.165) is 48.6 Å². The maximum absolute atomic E-state index is 6.06. The fourth-order valence-corrected chi connectivity index (χ4v) is 3.61. The van der Waals surface area contributed by atoms with Crippen LogP contribution in [0.2, 0.25) is 5.02 Å². The molecule has 0 aliphatic carbocycles. The molecule has 0 fully saturated rings. The van der Waals surface area contributed by atoms with Gasteiger partial charge in [0.15, 0.2) is 11.5 Å². The Balaban J connectivity index is 1.87. The Kier molecular flexibility index (Phi) is 4.94. The van der Waals surface area contributed by atoms with Crippen molar-refractivity contribution in [2.75, 3.05) is 26.1 Å². The average molecular weight is 384 g/mol. The zero-order valence-corrected chi connectivity index (χ0v) is 16.2. The van der Waals surface area contributed by atoms with Gasteiger partial charge in [0.05, 0.1) is 25.6 Å². The number of rotatable bonds is 4. The number of hydrogen-bond acceptors (Lipinski definition) is 4. The highest BCUT2D eigenvalue weighted by atomic mass is 35.5. The number of benzene rings is 2. The second-order valence-electron chi connectivity index (χ2n) is 6.52. The van der Waals surface area contributed by atoms with Gasteiger partial charge in [0, 0.05) is 22.7 Å². The van der Waals surface area contributed by atoms with E-state index in [1.54, 1.807) is 14.2 Å². The van der Waals surface area contributed by atoms with Crippen LogP contribution < -0.4 is 14.8 Å². The van der Waals surface area contributed by atoms with Gasteiger partial charge in [0.2, 0.25) is 0 Å². The van der Waals surface area contributed by atoms with Crippen molar-refractivity contribution in [3.05, 3.63) is 53.1 Å². The molecule has 0 saturated heterocycles. The summed E-state index contributed by atoms with van der Waals surface area (Å²) >= 11 is 6.06. The summed E-state index contributed by atoms with van der Waals surface area (Å²) in [4.78, 5) is 0. The van der Waals surface area contributed by atoms with Crippen LogP contribution in [0.15, 0.2) is 42.5 Å². The summed E-state index contributed by atoms with van der Waals surface area (Å²) in [7, 11) is 3.29. The number of hydrogen-bond donors (Lipinski definition) is 1. The fourth-order valence-electron chi connectivity index (χ4n) is 3.49. The zero-order valence-electron chi connectivity index (χ0n) is 15.5. The Morgan fingerprint density at radius 1 is 1.00 bits per heavy atom. The Morgan fingerprint density at radius 2 is 1.78 bits per heavy atom. The lowest BCUT2D eigenvalue weighted by Gasteiger charge is -2.09. The van der Waals surface area contributed by atoms with Crippen molar-refractivity contribution in [1.82, 2.24) is 9.78 Å². The Labute approximate surface area is 163 Å². The summed E-state index contributed by atoms with van der Waals surface area (Å²) in [5.41, 5.74) is 4.20. The van der Waals surface area contributed by atoms with Crippen LogP contribution in [0.5, 0.6) is 11.5 Å². The third-order valence-electron chi connectivity index (χ3n) is 4.86. The van der Waals surface area contributed by atoms with E-state index in [1.807, 2.05) is 47.1 Å². The molecule has 0 bridgehead atoms. The first kappa shape index (κ1) is 17.7. The molecule has 2 heterocycles. The van der Waals surface area contributed by atoms with Gasteiger partial charge >= 0.3 is 0 Å². The standard InChI is InChI=1S/C21H22ClN3O2/c1-26-18-11-6-14(13-19(18)27-2)20-17-5-3-4-12-23-21(17)25(24-20)16-9-7-15(22)8-10-16/h6-11,13,23H,3-5,12H2,1-2H3. The summed E-state index contributed by atoms with van der Waals surface area (Å²) in [5.74, 6) is 2.47. The predicted octanol–water partition coefficient (Wildman–Crippen LogP) is 4.96.